The molecule has 0 saturated carbocycles. The Morgan fingerprint density at radius 3 is 0.500 bits per heavy atom. The van der Waals surface area contributed by atoms with Crippen molar-refractivity contribution in [1.82, 2.24) is 0 Å². The van der Waals surface area contributed by atoms with Gasteiger partial charge in [0.1, 0.15) is 0 Å². The fraction of sp³-hybridized carbons (Fsp3) is 1.00. The van der Waals surface area contributed by atoms with Crippen molar-refractivity contribution in [3.63, 3.8) is 0 Å². The largest absolute Gasteiger partial charge is 0.472 e. The van der Waals surface area contributed by atoms with Crippen LogP contribution in [0.15, 0.2) is 0 Å². The van der Waals surface area contributed by atoms with Crippen LogP contribution in [0.3, 0.4) is 0 Å². The maximum atomic E-state index is 11.6. The zero-order chi connectivity index (χ0) is 51.0. The molecule has 68 heavy (non-hydrogen) atoms. The van der Waals surface area contributed by atoms with Crippen molar-refractivity contribution in [3.8, 4) is 0 Å². The Balaban J connectivity index is -0.000000278. The SMILES string of the molecule is CC(C)O.CCCCCCCCOP(=O)(O)OCCCCCCCC.CCCCCCCCOP(=O)(O)OCCCCCCCC.CCCCCCCCOP(=O)(O)OCCCCCCCC.[Ti]. The number of phosphoric ester groups is 3. The average molecular weight is 1080 g/mol. The molecule has 13 nitrogen and oxygen atoms in total. The summed E-state index contributed by atoms with van der Waals surface area (Å²) in [4.78, 5) is 28.5. The van der Waals surface area contributed by atoms with Crippen molar-refractivity contribution >= 4 is 23.5 Å². The average Bonchev–Trinajstić information content (AvgIpc) is 3.27. The van der Waals surface area contributed by atoms with E-state index in [1.807, 2.05) is 0 Å². The summed E-state index contributed by atoms with van der Waals surface area (Å²) in [6, 6.07) is 0. The van der Waals surface area contributed by atoms with Crippen LogP contribution in [0.4, 0.5) is 0 Å². The molecule has 0 aromatic heterocycles. The minimum absolute atomic E-state index is 0. The van der Waals surface area contributed by atoms with E-state index in [2.05, 4.69) is 41.5 Å². The molecule has 414 valence electrons. The summed E-state index contributed by atoms with van der Waals surface area (Å²) in [7, 11) is -11.4. The molecule has 0 aromatic rings. The fourth-order valence-corrected chi connectivity index (χ4v) is 8.87. The Morgan fingerprint density at radius 2 is 0.382 bits per heavy atom. The molecule has 0 fully saturated rings. The molecule has 0 atom stereocenters. The second-order valence-electron chi connectivity index (χ2n) is 18.1. The third-order valence-electron chi connectivity index (χ3n) is 10.5. The maximum absolute atomic E-state index is 11.6. The Labute approximate surface area is 436 Å². The topological polar surface area (TPSA) is 188 Å². The van der Waals surface area contributed by atoms with E-state index in [-0.39, 0.29) is 27.8 Å². The predicted octanol–water partition coefficient (Wildman–Crippen LogP) is 17.9. The van der Waals surface area contributed by atoms with Crippen LogP contribution in [0.2, 0.25) is 0 Å². The van der Waals surface area contributed by atoms with Crippen LogP contribution in [-0.4, -0.2) is 65.5 Å². The molecule has 0 aromatic carbocycles. The molecular weight excluding hydrogens is 961 g/mol. The van der Waals surface area contributed by atoms with Gasteiger partial charge in [0.05, 0.1) is 39.6 Å². The van der Waals surface area contributed by atoms with E-state index in [1.165, 1.54) is 154 Å². The smallest absolute Gasteiger partial charge is 0.394 e. The Bertz CT molecular complexity index is 886. The van der Waals surface area contributed by atoms with E-state index < -0.39 is 23.5 Å². The summed E-state index contributed by atoms with van der Waals surface area (Å²) >= 11 is 0. The van der Waals surface area contributed by atoms with Crippen LogP contribution in [0.5, 0.6) is 0 Å². The molecule has 0 saturated heterocycles. The Kier molecular flexibility index (Phi) is 71.4. The van der Waals surface area contributed by atoms with Crippen molar-refractivity contribution in [2.24, 2.45) is 0 Å². The zero-order valence-corrected chi connectivity index (χ0v) is 49.8. The van der Waals surface area contributed by atoms with Crippen molar-refractivity contribution in [2.75, 3.05) is 39.6 Å². The second kappa shape index (κ2) is 62.3. The molecule has 0 bridgehead atoms. The first kappa shape index (κ1) is 77.9. The van der Waals surface area contributed by atoms with Gasteiger partial charge in [-0.1, -0.05) is 234 Å². The molecule has 0 amide bonds. The van der Waals surface area contributed by atoms with Crippen molar-refractivity contribution in [2.45, 2.75) is 293 Å². The molecule has 17 heteroatoms. The van der Waals surface area contributed by atoms with Crippen LogP contribution in [0.25, 0.3) is 0 Å². The molecule has 0 rings (SSSR count). The van der Waals surface area contributed by atoms with Crippen LogP contribution < -0.4 is 0 Å². The van der Waals surface area contributed by atoms with Gasteiger partial charge in [-0.15, -0.1) is 0 Å². The van der Waals surface area contributed by atoms with E-state index in [4.69, 9.17) is 32.2 Å². The number of unbranched alkanes of at least 4 members (excludes halogenated alkanes) is 30. The number of hydrogen-bond donors (Lipinski definition) is 4. The van der Waals surface area contributed by atoms with Gasteiger partial charge in [0.2, 0.25) is 0 Å². The van der Waals surface area contributed by atoms with Crippen molar-refractivity contribution < 1.29 is 82.3 Å². The number of rotatable bonds is 48. The van der Waals surface area contributed by atoms with Gasteiger partial charge in [0.25, 0.3) is 0 Å². The summed E-state index contributed by atoms with van der Waals surface area (Å²) in [6.45, 7) is 18.5. The first-order valence-electron chi connectivity index (χ1n) is 27.6. The quantitative estimate of drug-likeness (QED) is 0.0256. The summed E-state index contributed by atoms with van der Waals surface area (Å²) in [6.07, 6.45) is 40.6. The van der Waals surface area contributed by atoms with Crippen molar-refractivity contribution in [1.29, 1.82) is 0 Å². The normalized spacial score (nSPS) is 11.6. The molecule has 0 spiro atoms. The standard InChI is InChI=1S/3C16H35O4P.C3H8O.Ti/c3*1-3-5-7-9-11-13-15-19-21(17,18)20-16-14-12-10-8-6-4-2;1-3(2)4;/h3*3-16H2,1-2H3,(H,17,18);3-4H,1-2H3;. The zero-order valence-electron chi connectivity index (χ0n) is 45.6. The van der Waals surface area contributed by atoms with E-state index in [1.54, 1.807) is 13.8 Å². The number of aliphatic hydroxyl groups is 1. The van der Waals surface area contributed by atoms with E-state index in [0.29, 0.717) is 39.6 Å². The first-order chi connectivity index (χ1) is 32.1. The molecule has 0 heterocycles. The number of aliphatic hydroxyl groups excluding tert-OH is 1. The molecule has 0 radical (unpaired) electrons. The summed E-state index contributed by atoms with van der Waals surface area (Å²) in [5.74, 6) is 0. The van der Waals surface area contributed by atoms with Crippen molar-refractivity contribution in [3.05, 3.63) is 0 Å². The number of hydrogen-bond acceptors (Lipinski definition) is 10. The number of phosphoric acid groups is 3. The third-order valence-corrected chi connectivity index (χ3v) is 13.6. The molecular formula is C51H113O13P3Ti. The minimum Gasteiger partial charge on any atom is -0.394 e. The first-order valence-corrected chi connectivity index (χ1v) is 32.1. The van der Waals surface area contributed by atoms with E-state index >= 15 is 0 Å². The monoisotopic (exact) mass is 1070 g/mol. The van der Waals surface area contributed by atoms with Gasteiger partial charge in [0, 0.05) is 27.8 Å². The van der Waals surface area contributed by atoms with Gasteiger partial charge in [-0.25, -0.2) is 13.7 Å². The van der Waals surface area contributed by atoms with Crippen LogP contribution in [-0.2, 0) is 62.6 Å². The van der Waals surface area contributed by atoms with Crippen LogP contribution >= 0.6 is 23.5 Å². The molecule has 0 aliphatic rings. The van der Waals surface area contributed by atoms with Crippen LogP contribution in [0, 0.1) is 0 Å². The molecule has 0 unspecified atom stereocenters. The minimum atomic E-state index is -3.82. The Morgan fingerprint density at radius 1 is 0.279 bits per heavy atom. The van der Waals surface area contributed by atoms with Gasteiger partial charge in [-0.05, 0) is 52.4 Å². The molecule has 4 N–H and O–H groups in total. The van der Waals surface area contributed by atoms with E-state index in [0.717, 1.165) is 77.0 Å². The third kappa shape index (κ3) is 78.4. The predicted molar refractivity (Wildman–Crippen MR) is 283 cm³/mol. The van der Waals surface area contributed by atoms with Gasteiger partial charge < -0.3 is 19.8 Å². The maximum Gasteiger partial charge on any atom is 0.472 e. The molecule has 0 aliphatic carbocycles. The second-order valence-corrected chi connectivity index (χ2v) is 22.5. The summed E-state index contributed by atoms with van der Waals surface area (Å²) < 4.78 is 64.6. The van der Waals surface area contributed by atoms with Gasteiger partial charge >= 0.3 is 23.5 Å². The van der Waals surface area contributed by atoms with Crippen LogP contribution in [0.1, 0.15) is 287 Å². The van der Waals surface area contributed by atoms with Gasteiger partial charge in [-0.2, -0.15) is 0 Å². The molecule has 0 aliphatic heterocycles. The summed E-state index contributed by atoms with van der Waals surface area (Å²) in [5, 5.41) is 8.06. The summed E-state index contributed by atoms with van der Waals surface area (Å²) in [5.41, 5.74) is 0. The fourth-order valence-electron chi connectivity index (χ4n) is 6.49. The van der Waals surface area contributed by atoms with Gasteiger partial charge in [-0.3, -0.25) is 27.1 Å². The van der Waals surface area contributed by atoms with E-state index in [9.17, 15) is 28.4 Å². The Hall–Kier alpha value is 1.00. The van der Waals surface area contributed by atoms with Gasteiger partial charge in [0.15, 0.2) is 0 Å².